The van der Waals surface area contributed by atoms with E-state index in [1.54, 1.807) is 36.4 Å². The predicted octanol–water partition coefficient (Wildman–Crippen LogP) is 4.11. The highest BCUT2D eigenvalue weighted by molar-refractivity contribution is 6.35. The summed E-state index contributed by atoms with van der Waals surface area (Å²) < 4.78 is 4.67. The molecule has 4 nitrogen and oxygen atoms in total. The highest BCUT2D eigenvalue weighted by atomic mass is 35.5. The van der Waals surface area contributed by atoms with Crippen molar-refractivity contribution in [3.8, 4) is 0 Å². The number of carbonyl (C=O) groups is 1. The Balaban J connectivity index is 2.34. The molecule has 0 unspecified atom stereocenters. The summed E-state index contributed by atoms with van der Waals surface area (Å²) in [5, 5.41) is 4.16. The van der Waals surface area contributed by atoms with E-state index < -0.39 is 5.97 Å². The molecule has 104 valence electrons. The van der Waals surface area contributed by atoms with Gasteiger partial charge in [-0.25, -0.2) is 4.79 Å². The molecule has 0 bridgehead atoms. The van der Waals surface area contributed by atoms with Gasteiger partial charge in [-0.3, -0.25) is 0 Å². The van der Waals surface area contributed by atoms with Gasteiger partial charge in [-0.15, -0.1) is 0 Å². The molecule has 0 aliphatic carbocycles. The van der Waals surface area contributed by atoms with Crippen LogP contribution in [0.25, 0.3) is 0 Å². The summed E-state index contributed by atoms with van der Waals surface area (Å²) in [6.45, 7) is 0. The fraction of sp³-hybridized carbons (Fsp3) is 0.0714. The number of nitrogen functional groups attached to an aromatic ring is 1. The average molecular weight is 311 g/mol. The zero-order valence-electron chi connectivity index (χ0n) is 10.6. The molecular formula is C14H12Cl2N2O2. The summed E-state index contributed by atoms with van der Waals surface area (Å²) >= 11 is 12.0. The fourth-order valence-electron chi connectivity index (χ4n) is 1.67. The number of ether oxygens (including phenoxy) is 1. The number of carbonyl (C=O) groups excluding carboxylic acids is 1. The molecule has 0 spiro atoms. The van der Waals surface area contributed by atoms with Crippen LogP contribution in [0.15, 0.2) is 36.4 Å². The van der Waals surface area contributed by atoms with E-state index in [1.165, 1.54) is 7.11 Å². The van der Waals surface area contributed by atoms with Gasteiger partial charge in [0.05, 0.1) is 23.4 Å². The average Bonchev–Trinajstić information content (AvgIpc) is 2.44. The van der Waals surface area contributed by atoms with E-state index in [-0.39, 0.29) is 5.56 Å². The Kier molecular flexibility index (Phi) is 4.37. The lowest BCUT2D eigenvalue weighted by atomic mass is 10.1. The van der Waals surface area contributed by atoms with E-state index in [1.807, 2.05) is 0 Å². The Morgan fingerprint density at radius 1 is 1.20 bits per heavy atom. The van der Waals surface area contributed by atoms with Crippen LogP contribution >= 0.6 is 23.2 Å². The smallest absolute Gasteiger partial charge is 0.340 e. The normalized spacial score (nSPS) is 10.2. The topological polar surface area (TPSA) is 64.3 Å². The Morgan fingerprint density at radius 3 is 2.65 bits per heavy atom. The Labute approximate surface area is 126 Å². The second kappa shape index (κ2) is 6.03. The Bertz CT molecular complexity index is 660. The molecule has 2 aromatic carbocycles. The van der Waals surface area contributed by atoms with Crippen LogP contribution in [0.3, 0.4) is 0 Å². The highest BCUT2D eigenvalue weighted by Gasteiger charge is 2.11. The first-order chi connectivity index (χ1) is 9.51. The van der Waals surface area contributed by atoms with Crippen molar-refractivity contribution >= 4 is 46.2 Å². The number of hydrogen-bond donors (Lipinski definition) is 2. The van der Waals surface area contributed by atoms with E-state index in [0.29, 0.717) is 27.1 Å². The molecule has 0 amide bonds. The quantitative estimate of drug-likeness (QED) is 0.661. The highest BCUT2D eigenvalue weighted by Crippen LogP contribution is 2.29. The van der Waals surface area contributed by atoms with E-state index in [0.717, 1.165) is 0 Å². The SMILES string of the molecule is COC(=O)c1cc(Nc2cc(Cl)ccc2Cl)ccc1N. The van der Waals surface area contributed by atoms with E-state index in [2.05, 4.69) is 10.1 Å². The minimum atomic E-state index is -0.497. The molecule has 0 aliphatic heterocycles. The van der Waals surface area contributed by atoms with Gasteiger partial charge < -0.3 is 15.8 Å². The number of esters is 1. The molecule has 0 radical (unpaired) electrons. The fourth-order valence-corrected chi connectivity index (χ4v) is 2.01. The number of nitrogens with two attached hydrogens (primary N) is 1. The van der Waals surface area contributed by atoms with Gasteiger partial charge in [-0.1, -0.05) is 23.2 Å². The maximum Gasteiger partial charge on any atom is 0.340 e. The van der Waals surface area contributed by atoms with Crippen LogP contribution in [0.5, 0.6) is 0 Å². The maximum absolute atomic E-state index is 11.6. The van der Waals surface area contributed by atoms with Crippen molar-refractivity contribution in [2.45, 2.75) is 0 Å². The van der Waals surface area contributed by atoms with Crippen LogP contribution < -0.4 is 11.1 Å². The van der Waals surface area contributed by atoms with Crippen LogP contribution in [0, 0.1) is 0 Å². The Hall–Kier alpha value is -1.91. The lowest BCUT2D eigenvalue weighted by Crippen LogP contribution is -2.06. The molecule has 3 N–H and O–H groups in total. The molecule has 2 rings (SSSR count). The third-order valence-corrected chi connectivity index (χ3v) is 3.23. The van der Waals surface area contributed by atoms with Crippen molar-refractivity contribution in [2.24, 2.45) is 0 Å². The number of benzene rings is 2. The van der Waals surface area contributed by atoms with Crippen molar-refractivity contribution in [3.05, 3.63) is 52.0 Å². The number of methoxy groups -OCH3 is 1. The lowest BCUT2D eigenvalue weighted by Gasteiger charge is -2.11. The van der Waals surface area contributed by atoms with E-state index >= 15 is 0 Å². The number of halogens is 2. The molecule has 0 aromatic heterocycles. The number of nitrogens with one attached hydrogen (secondary N) is 1. The first-order valence-corrected chi connectivity index (χ1v) is 6.47. The molecule has 20 heavy (non-hydrogen) atoms. The van der Waals surface area contributed by atoms with Gasteiger partial charge in [0.2, 0.25) is 0 Å². The maximum atomic E-state index is 11.6. The van der Waals surface area contributed by atoms with Gasteiger partial charge in [-0.2, -0.15) is 0 Å². The summed E-state index contributed by atoms with van der Waals surface area (Å²) in [6, 6.07) is 10.0. The molecule has 2 aromatic rings. The first kappa shape index (κ1) is 14.5. The largest absolute Gasteiger partial charge is 0.465 e. The van der Waals surface area contributed by atoms with Gasteiger partial charge in [0.25, 0.3) is 0 Å². The first-order valence-electron chi connectivity index (χ1n) is 5.71. The third kappa shape index (κ3) is 3.15. The molecule has 0 atom stereocenters. The molecule has 0 aliphatic rings. The van der Waals surface area contributed by atoms with Crippen molar-refractivity contribution in [2.75, 3.05) is 18.2 Å². The van der Waals surface area contributed by atoms with Crippen LogP contribution in [0.1, 0.15) is 10.4 Å². The molecular weight excluding hydrogens is 299 g/mol. The minimum absolute atomic E-state index is 0.288. The summed E-state index contributed by atoms with van der Waals surface area (Å²) in [7, 11) is 1.30. The van der Waals surface area contributed by atoms with Crippen molar-refractivity contribution in [1.82, 2.24) is 0 Å². The second-order valence-corrected chi connectivity index (χ2v) is 4.89. The summed E-state index contributed by atoms with van der Waals surface area (Å²) in [5.74, 6) is -0.497. The van der Waals surface area contributed by atoms with Crippen LogP contribution in [0.2, 0.25) is 10.0 Å². The molecule has 0 saturated heterocycles. The van der Waals surface area contributed by atoms with Crippen molar-refractivity contribution in [1.29, 1.82) is 0 Å². The minimum Gasteiger partial charge on any atom is -0.465 e. The number of anilines is 3. The molecule has 0 heterocycles. The van der Waals surface area contributed by atoms with Crippen molar-refractivity contribution < 1.29 is 9.53 Å². The van der Waals surface area contributed by atoms with Gasteiger partial charge in [0.1, 0.15) is 0 Å². The van der Waals surface area contributed by atoms with Gasteiger partial charge >= 0.3 is 5.97 Å². The standard InChI is InChI=1S/C14H12Cl2N2O2/c1-20-14(19)10-7-9(3-5-12(10)17)18-13-6-8(15)2-4-11(13)16/h2-7,18H,17H2,1H3. The number of hydrogen-bond acceptors (Lipinski definition) is 4. The van der Waals surface area contributed by atoms with Crippen LogP contribution in [-0.4, -0.2) is 13.1 Å². The van der Waals surface area contributed by atoms with E-state index in [4.69, 9.17) is 28.9 Å². The van der Waals surface area contributed by atoms with Crippen LogP contribution in [0.4, 0.5) is 17.1 Å². The molecule has 0 saturated carbocycles. The molecule has 6 heteroatoms. The van der Waals surface area contributed by atoms with E-state index in [9.17, 15) is 4.79 Å². The second-order valence-electron chi connectivity index (χ2n) is 4.04. The summed E-state index contributed by atoms with van der Waals surface area (Å²) in [6.07, 6.45) is 0. The lowest BCUT2D eigenvalue weighted by molar-refractivity contribution is 0.0602. The zero-order valence-corrected chi connectivity index (χ0v) is 12.1. The molecule has 0 fully saturated rings. The van der Waals surface area contributed by atoms with Gasteiger partial charge in [0.15, 0.2) is 0 Å². The third-order valence-electron chi connectivity index (χ3n) is 2.67. The van der Waals surface area contributed by atoms with Crippen LogP contribution in [-0.2, 0) is 4.74 Å². The van der Waals surface area contributed by atoms with Crippen molar-refractivity contribution in [3.63, 3.8) is 0 Å². The predicted molar refractivity (Wildman–Crippen MR) is 81.9 cm³/mol. The monoisotopic (exact) mass is 310 g/mol. The van der Waals surface area contributed by atoms with Gasteiger partial charge in [0, 0.05) is 16.4 Å². The van der Waals surface area contributed by atoms with Gasteiger partial charge in [-0.05, 0) is 36.4 Å². The number of rotatable bonds is 3. The Morgan fingerprint density at radius 2 is 1.95 bits per heavy atom. The zero-order chi connectivity index (χ0) is 14.7. The summed E-state index contributed by atoms with van der Waals surface area (Å²) in [4.78, 5) is 11.6. The summed E-state index contributed by atoms with van der Waals surface area (Å²) in [5.41, 5.74) is 7.67.